The Labute approximate surface area is 218 Å². The van der Waals surface area contributed by atoms with Crippen molar-refractivity contribution in [3.8, 4) is 11.3 Å². The number of benzene rings is 2. The fourth-order valence-electron chi connectivity index (χ4n) is 4.07. The van der Waals surface area contributed by atoms with Crippen molar-refractivity contribution in [2.24, 2.45) is 0 Å². The Morgan fingerprint density at radius 1 is 0.974 bits per heavy atom. The van der Waals surface area contributed by atoms with Gasteiger partial charge in [-0.15, -0.1) is 0 Å². The smallest absolute Gasteiger partial charge is 0.295 e. The van der Waals surface area contributed by atoms with Gasteiger partial charge < -0.3 is 0 Å². The molecule has 0 saturated carbocycles. The number of alkyl halides is 3. The molecule has 2 heterocycles. The second kappa shape index (κ2) is 11.3. The molecule has 0 aliphatic rings. The molecule has 4 rings (SSSR count). The van der Waals surface area contributed by atoms with Crippen molar-refractivity contribution in [2.75, 3.05) is 0 Å². The molecule has 5 nitrogen and oxygen atoms in total. The molecule has 2 aromatic carbocycles. The predicted molar refractivity (Wildman–Crippen MR) is 138 cm³/mol. The molecule has 0 spiro atoms. The summed E-state index contributed by atoms with van der Waals surface area (Å²) in [4.78, 5) is 37.7. The normalized spacial score (nSPS) is 11.3. The Bertz CT molecular complexity index is 1500. The lowest BCUT2D eigenvalue weighted by molar-refractivity contribution is -0.138. The summed E-state index contributed by atoms with van der Waals surface area (Å²) >= 11 is 0. The fraction of sp³-hybridized carbons (Fsp3) is 0.167. The minimum absolute atomic E-state index is 0.0678. The average Bonchev–Trinajstić information content (AvgIpc) is 2.90. The lowest BCUT2D eigenvalue weighted by Gasteiger charge is -2.14. The zero-order valence-electron chi connectivity index (χ0n) is 20.6. The summed E-state index contributed by atoms with van der Waals surface area (Å²) in [6, 6.07) is 14.4. The number of hydrogen-bond acceptors (Lipinski definition) is 5. The molecular formula is C30H24F3N3O2. The van der Waals surface area contributed by atoms with E-state index in [9.17, 15) is 22.8 Å². The molecule has 0 unspecified atom stereocenters. The highest BCUT2D eigenvalue weighted by molar-refractivity contribution is 5.98. The number of Topliss-reactive ketones (excluding diaryl/α,β-unsaturated/α-hetero) is 1. The lowest BCUT2D eigenvalue weighted by Crippen LogP contribution is -2.14. The van der Waals surface area contributed by atoms with Crippen LogP contribution in [-0.2, 0) is 30.2 Å². The number of hydrogen-bond donors (Lipinski definition) is 0. The highest BCUT2D eigenvalue weighted by atomic mass is 19.4. The van der Waals surface area contributed by atoms with Gasteiger partial charge in [0.2, 0.25) is 0 Å². The number of rotatable bonds is 9. The lowest BCUT2D eigenvalue weighted by atomic mass is 9.94. The number of aromatic nitrogens is 3. The first-order valence-corrected chi connectivity index (χ1v) is 11.8. The summed E-state index contributed by atoms with van der Waals surface area (Å²) in [5.74, 6) is -0.393. The second-order valence-electron chi connectivity index (χ2n) is 8.85. The highest BCUT2D eigenvalue weighted by Gasteiger charge is 2.34. The van der Waals surface area contributed by atoms with Crippen molar-refractivity contribution in [3.05, 3.63) is 125 Å². The van der Waals surface area contributed by atoms with E-state index < -0.39 is 29.7 Å². The predicted octanol–water partition coefficient (Wildman–Crippen LogP) is 6.18. The van der Waals surface area contributed by atoms with Crippen molar-refractivity contribution in [2.45, 2.75) is 32.4 Å². The molecule has 4 aromatic rings. The molecule has 0 radical (unpaired) electrons. The van der Waals surface area contributed by atoms with Gasteiger partial charge in [0, 0.05) is 49.0 Å². The molecule has 0 bridgehead atoms. The van der Waals surface area contributed by atoms with Crippen molar-refractivity contribution in [1.29, 1.82) is 0 Å². The maximum absolute atomic E-state index is 13.7. The van der Waals surface area contributed by atoms with Crippen molar-refractivity contribution >= 4 is 11.6 Å². The van der Waals surface area contributed by atoms with Crippen LogP contribution < -0.4 is 0 Å². The zero-order chi connectivity index (χ0) is 27.3. The highest BCUT2D eigenvalue weighted by Crippen LogP contribution is 2.33. The Morgan fingerprint density at radius 2 is 1.79 bits per heavy atom. The van der Waals surface area contributed by atoms with Gasteiger partial charge in [0.05, 0.1) is 11.3 Å². The molecule has 2 aromatic heterocycles. The van der Waals surface area contributed by atoms with Crippen LogP contribution in [0.15, 0.2) is 85.8 Å². The van der Waals surface area contributed by atoms with Crippen LogP contribution in [0, 0.1) is 6.92 Å². The number of nitrogens with zero attached hydrogens (tertiary/aromatic N) is 3. The molecule has 38 heavy (non-hydrogen) atoms. The molecule has 192 valence electrons. The molecule has 0 saturated heterocycles. The van der Waals surface area contributed by atoms with Gasteiger partial charge in [-0.3, -0.25) is 14.6 Å². The van der Waals surface area contributed by atoms with Gasteiger partial charge in [-0.1, -0.05) is 36.9 Å². The van der Waals surface area contributed by atoms with E-state index in [1.165, 1.54) is 12.1 Å². The van der Waals surface area contributed by atoms with Crippen LogP contribution in [0.2, 0.25) is 0 Å². The van der Waals surface area contributed by atoms with Gasteiger partial charge in [0.15, 0.2) is 11.6 Å². The van der Waals surface area contributed by atoms with Crippen LogP contribution in [-0.4, -0.2) is 26.5 Å². The number of carbonyl (C=O) groups is 2. The van der Waals surface area contributed by atoms with E-state index in [1.54, 1.807) is 30.7 Å². The van der Waals surface area contributed by atoms with E-state index in [2.05, 4.69) is 21.5 Å². The molecule has 0 aliphatic heterocycles. The summed E-state index contributed by atoms with van der Waals surface area (Å²) in [7, 11) is 0. The van der Waals surface area contributed by atoms with Crippen molar-refractivity contribution in [1.82, 2.24) is 15.0 Å². The van der Waals surface area contributed by atoms with Crippen LogP contribution in [0.3, 0.4) is 0 Å². The second-order valence-corrected chi connectivity index (χ2v) is 8.85. The monoisotopic (exact) mass is 515 g/mol. The van der Waals surface area contributed by atoms with Crippen molar-refractivity contribution < 1.29 is 22.8 Å². The molecule has 0 fully saturated rings. The maximum Gasteiger partial charge on any atom is 0.416 e. The van der Waals surface area contributed by atoms with E-state index in [4.69, 9.17) is 0 Å². The van der Waals surface area contributed by atoms with Crippen LogP contribution in [0.25, 0.3) is 11.3 Å². The molecule has 0 amide bonds. The summed E-state index contributed by atoms with van der Waals surface area (Å²) in [6.07, 6.45) is 1.28. The third-order valence-electron chi connectivity index (χ3n) is 6.12. The number of ketones is 2. The third kappa shape index (κ3) is 6.45. The minimum Gasteiger partial charge on any atom is -0.295 e. The Hall–Kier alpha value is -4.46. The molecule has 0 aliphatic carbocycles. The van der Waals surface area contributed by atoms with E-state index >= 15 is 0 Å². The van der Waals surface area contributed by atoms with Gasteiger partial charge in [-0.25, -0.2) is 9.97 Å². The summed E-state index contributed by atoms with van der Waals surface area (Å²) < 4.78 is 41.0. The molecule has 0 N–H and O–H groups in total. The van der Waals surface area contributed by atoms with E-state index in [1.807, 2.05) is 31.2 Å². The van der Waals surface area contributed by atoms with E-state index in [-0.39, 0.29) is 17.5 Å². The quantitative estimate of drug-likeness (QED) is 0.197. The van der Waals surface area contributed by atoms with Crippen LogP contribution in [0.5, 0.6) is 0 Å². The summed E-state index contributed by atoms with van der Waals surface area (Å²) in [5, 5.41) is 0. The van der Waals surface area contributed by atoms with Gasteiger partial charge in [-0.2, -0.15) is 13.2 Å². The number of halogens is 3. The minimum atomic E-state index is -4.70. The topological polar surface area (TPSA) is 72.8 Å². The average molecular weight is 516 g/mol. The first-order chi connectivity index (χ1) is 18.1. The van der Waals surface area contributed by atoms with Gasteiger partial charge in [-0.05, 0) is 59.5 Å². The third-order valence-corrected chi connectivity index (χ3v) is 6.12. The number of pyridine rings is 1. The van der Waals surface area contributed by atoms with Crippen LogP contribution in [0.1, 0.15) is 44.0 Å². The maximum atomic E-state index is 13.7. The Morgan fingerprint density at radius 3 is 2.50 bits per heavy atom. The van der Waals surface area contributed by atoms with Gasteiger partial charge >= 0.3 is 6.18 Å². The van der Waals surface area contributed by atoms with Crippen LogP contribution >= 0.6 is 0 Å². The standard InChI is InChI=1S/C30H24F3N3O2/c1-3-25(37)15-21-8-9-22(16-26(21)30(31,32)33)28(38)14-20-7-6-19(2)24(13-20)17-29-35-12-10-27(36-29)23-5-4-11-34-18-23/h3-13,16,18H,1,14-15,17H2,2H3. The first kappa shape index (κ1) is 26.6. The number of allylic oxidation sites excluding steroid dienone is 1. The Balaban J connectivity index is 1.55. The summed E-state index contributed by atoms with van der Waals surface area (Å²) in [5.41, 5.74) is 2.91. The molecule has 8 heteroatoms. The molecule has 0 atom stereocenters. The first-order valence-electron chi connectivity index (χ1n) is 11.8. The largest absolute Gasteiger partial charge is 0.416 e. The molecular weight excluding hydrogens is 491 g/mol. The number of carbonyl (C=O) groups excluding carboxylic acids is 2. The van der Waals surface area contributed by atoms with Gasteiger partial charge in [0.25, 0.3) is 0 Å². The van der Waals surface area contributed by atoms with Gasteiger partial charge in [0.1, 0.15) is 5.82 Å². The summed E-state index contributed by atoms with van der Waals surface area (Å²) in [6.45, 7) is 5.24. The Kier molecular flexibility index (Phi) is 7.90. The van der Waals surface area contributed by atoms with Crippen molar-refractivity contribution in [3.63, 3.8) is 0 Å². The van der Waals surface area contributed by atoms with Crippen LogP contribution in [0.4, 0.5) is 13.2 Å². The van der Waals surface area contributed by atoms with E-state index in [0.29, 0.717) is 17.8 Å². The SMILES string of the molecule is C=CC(=O)Cc1ccc(C(=O)Cc2ccc(C)c(Cc3nccc(-c4cccnc4)n3)c2)cc1C(F)(F)F. The zero-order valence-corrected chi connectivity index (χ0v) is 20.6. The number of aryl methyl sites for hydroxylation is 1. The van der Waals surface area contributed by atoms with E-state index in [0.717, 1.165) is 34.5 Å². The fourth-order valence-corrected chi connectivity index (χ4v) is 4.07.